The van der Waals surface area contributed by atoms with E-state index in [-0.39, 0.29) is 30.8 Å². The zero-order valence-corrected chi connectivity index (χ0v) is 35.9. The number of hydrogen-bond donors (Lipinski definition) is 2. The summed E-state index contributed by atoms with van der Waals surface area (Å²) in [5, 5.41) is 25.5. The minimum atomic E-state index is -2.55. The number of hydrogen-bond acceptors (Lipinski definition) is 10. The number of aliphatic hydroxyl groups excluding tert-OH is 1. The van der Waals surface area contributed by atoms with Gasteiger partial charge in [-0.3, -0.25) is 9.59 Å². The third kappa shape index (κ3) is 6.45. The van der Waals surface area contributed by atoms with Gasteiger partial charge >= 0.3 is 11.9 Å². The van der Waals surface area contributed by atoms with Gasteiger partial charge in [-0.1, -0.05) is 73.6 Å². The summed E-state index contributed by atoms with van der Waals surface area (Å²) in [6.45, 7) is 21.4. The first-order chi connectivity index (χ1) is 24.9. The number of aliphatic hydroxyl groups is 2. The van der Waals surface area contributed by atoms with Crippen molar-refractivity contribution in [3.05, 3.63) is 47.0 Å². The molecule has 1 aromatic rings. The molecule has 1 saturated heterocycles. The van der Waals surface area contributed by atoms with E-state index >= 15 is 4.79 Å². The standard InChI is InChI=1S/C41H64O10Si2/c1-12-52(13-2,14-3)50-30-23-31-40(25-47-31,49-27(8)42)34-36(48-37(45)28-21-19-18-20-22-28)41(46)24-29(43)26(7)32(38(41,9)10)33(35(44)39(30,34)11)51-53(15-4,16-5)17-6/h18-22,29-31,33-34,36,43,46H,12-17,23-25H2,1-11H3/t29-,30-,31+,33-,34?,36-,39+,40-,41+/m0/s1. The Morgan fingerprint density at radius 3 is 1.94 bits per heavy atom. The zero-order valence-electron chi connectivity index (χ0n) is 33.9. The normalized spacial score (nSPS) is 35.3. The molecule has 0 aromatic heterocycles. The summed E-state index contributed by atoms with van der Waals surface area (Å²) >= 11 is 0. The van der Waals surface area contributed by atoms with Crippen molar-refractivity contribution < 1.29 is 47.7 Å². The number of ketones is 1. The first kappa shape index (κ1) is 42.0. The molecule has 5 rings (SSSR count). The van der Waals surface area contributed by atoms with Crippen molar-refractivity contribution in [2.75, 3.05) is 6.61 Å². The molecule has 10 nitrogen and oxygen atoms in total. The van der Waals surface area contributed by atoms with Crippen LogP contribution in [-0.2, 0) is 32.7 Å². The average molecular weight is 773 g/mol. The van der Waals surface area contributed by atoms with Crippen molar-refractivity contribution in [2.45, 2.75) is 167 Å². The summed E-state index contributed by atoms with van der Waals surface area (Å²) in [5.41, 5.74) is -4.81. The third-order valence-corrected chi connectivity index (χ3v) is 23.8. The number of esters is 2. The van der Waals surface area contributed by atoms with Crippen LogP contribution in [0.4, 0.5) is 0 Å². The predicted molar refractivity (Wildman–Crippen MR) is 207 cm³/mol. The summed E-state index contributed by atoms with van der Waals surface area (Å²) < 4.78 is 33.9. The molecule has 1 aliphatic heterocycles. The molecule has 0 amide bonds. The van der Waals surface area contributed by atoms with E-state index in [1.807, 2.05) is 27.7 Å². The summed E-state index contributed by atoms with van der Waals surface area (Å²) in [7, 11) is -4.99. The fraction of sp³-hybridized carbons (Fsp3) is 0.732. The van der Waals surface area contributed by atoms with Crippen LogP contribution >= 0.6 is 0 Å². The lowest BCUT2D eigenvalue weighted by atomic mass is 9.44. The quantitative estimate of drug-likeness (QED) is 0.121. The number of Topliss-reactive ketones (excluding diaryl/α,β-unsaturated/α-hetero) is 1. The highest BCUT2D eigenvalue weighted by molar-refractivity contribution is 6.74. The summed E-state index contributed by atoms with van der Waals surface area (Å²) in [5.74, 6) is -2.66. The lowest BCUT2D eigenvalue weighted by Crippen LogP contribution is -2.82. The van der Waals surface area contributed by atoms with Crippen LogP contribution in [0.15, 0.2) is 41.5 Å². The number of ether oxygens (including phenoxy) is 3. The van der Waals surface area contributed by atoms with Gasteiger partial charge in [-0.15, -0.1) is 0 Å². The maximum absolute atomic E-state index is 16.3. The lowest BCUT2D eigenvalue weighted by molar-refractivity contribution is -0.344. The van der Waals surface area contributed by atoms with Gasteiger partial charge in [0.05, 0.1) is 35.7 Å². The Morgan fingerprint density at radius 2 is 1.45 bits per heavy atom. The molecule has 1 unspecified atom stereocenters. The molecule has 2 saturated carbocycles. The van der Waals surface area contributed by atoms with E-state index in [0.29, 0.717) is 11.1 Å². The molecular weight excluding hydrogens is 709 g/mol. The van der Waals surface area contributed by atoms with Crippen molar-refractivity contribution in [1.82, 2.24) is 0 Å². The van der Waals surface area contributed by atoms with Crippen molar-refractivity contribution in [2.24, 2.45) is 16.7 Å². The average Bonchev–Trinajstić information content (AvgIpc) is 3.13. The predicted octanol–water partition coefficient (Wildman–Crippen LogP) is 7.14. The van der Waals surface area contributed by atoms with Gasteiger partial charge in [0.25, 0.3) is 0 Å². The van der Waals surface area contributed by atoms with E-state index in [1.165, 1.54) is 6.92 Å². The third-order valence-electron chi connectivity index (χ3n) is 14.5. The van der Waals surface area contributed by atoms with Gasteiger partial charge < -0.3 is 33.3 Å². The van der Waals surface area contributed by atoms with Crippen molar-refractivity contribution >= 4 is 34.4 Å². The van der Waals surface area contributed by atoms with Crippen LogP contribution in [0.3, 0.4) is 0 Å². The fourth-order valence-corrected chi connectivity index (χ4v) is 16.1. The Hall–Kier alpha value is -2.20. The fourth-order valence-electron chi connectivity index (χ4n) is 10.4. The Balaban J connectivity index is 1.91. The van der Waals surface area contributed by atoms with Gasteiger partial charge in [0.2, 0.25) is 0 Å². The maximum Gasteiger partial charge on any atom is 0.338 e. The molecule has 296 valence electrons. The van der Waals surface area contributed by atoms with Gasteiger partial charge in [0.15, 0.2) is 28.0 Å². The number of carbonyl (C=O) groups excluding carboxylic acids is 3. The molecule has 0 radical (unpaired) electrons. The van der Waals surface area contributed by atoms with E-state index in [0.717, 1.165) is 36.3 Å². The number of rotatable bonds is 13. The minimum Gasteiger partial charge on any atom is -0.455 e. The van der Waals surface area contributed by atoms with E-state index in [9.17, 15) is 19.8 Å². The Labute approximate surface area is 318 Å². The molecule has 0 spiro atoms. The van der Waals surface area contributed by atoms with Crippen molar-refractivity contribution in [1.29, 1.82) is 0 Å². The molecule has 3 aliphatic carbocycles. The molecule has 9 atom stereocenters. The van der Waals surface area contributed by atoms with Crippen molar-refractivity contribution in [3.8, 4) is 0 Å². The van der Waals surface area contributed by atoms with Crippen molar-refractivity contribution in [3.63, 3.8) is 0 Å². The van der Waals surface area contributed by atoms with Crippen LogP contribution in [-0.4, -0.2) is 92.9 Å². The minimum absolute atomic E-state index is 0.0569. The molecule has 53 heavy (non-hydrogen) atoms. The number of fused-ring (bicyclic) bond motifs is 5. The second kappa shape index (κ2) is 15.0. The van der Waals surface area contributed by atoms with Gasteiger partial charge in [-0.25, -0.2) is 4.79 Å². The highest BCUT2D eigenvalue weighted by Crippen LogP contribution is 2.65. The zero-order chi connectivity index (χ0) is 39.4. The van der Waals surface area contributed by atoms with E-state index in [4.69, 9.17) is 23.1 Å². The van der Waals surface area contributed by atoms with Crippen LogP contribution in [0, 0.1) is 16.7 Å². The van der Waals surface area contributed by atoms with Crippen LogP contribution in [0.1, 0.15) is 99.4 Å². The molecule has 2 bridgehead atoms. The van der Waals surface area contributed by atoms with E-state index in [1.54, 1.807) is 30.3 Å². The van der Waals surface area contributed by atoms with Gasteiger partial charge in [-0.05, 0) is 73.4 Å². The summed E-state index contributed by atoms with van der Waals surface area (Å²) in [6, 6.07) is 13.3. The van der Waals surface area contributed by atoms with Gasteiger partial charge in [0.1, 0.15) is 23.9 Å². The molecule has 4 aliphatic rings. The highest BCUT2D eigenvalue weighted by Gasteiger charge is 2.78. The molecule has 1 heterocycles. The van der Waals surface area contributed by atoms with Crippen LogP contribution in [0.2, 0.25) is 36.3 Å². The largest absolute Gasteiger partial charge is 0.455 e. The molecule has 3 fully saturated rings. The second-order valence-electron chi connectivity index (χ2n) is 16.9. The first-order valence-corrected chi connectivity index (χ1v) is 25.0. The first-order valence-electron chi connectivity index (χ1n) is 19.9. The lowest BCUT2D eigenvalue weighted by Gasteiger charge is -2.68. The van der Waals surface area contributed by atoms with Crippen LogP contribution in [0.5, 0.6) is 0 Å². The van der Waals surface area contributed by atoms with Gasteiger partial charge in [0, 0.05) is 25.2 Å². The maximum atomic E-state index is 16.3. The highest BCUT2D eigenvalue weighted by atomic mass is 28.4. The Morgan fingerprint density at radius 1 is 0.906 bits per heavy atom. The SMILES string of the molecule is CC[Si](CC)(CC)O[C@@H]1C(=O)[C@@]2(C)C([C@H](OC(=O)c3ccccc3)[C@]3(O)C[C@H](O)C(C)=C1C3(C)C)[C@]1(OC(C)=O)CO[C@@H]1C[C@@H]2O[Si](CC)(CC)CC. The summed E-state index contributed by atoms with van der Waals surface area (Å²) in [6.07, 6.45) is -5.08. The monoisotopic (exact) mass is 772 g/mol. The molecule has 1 aromatic carbocycles. The number of benzene rings is 1. The smallest absolute Gasteiger partial charge is 0.338 e. The molecular formula is C41H64O10Si2. The second-order valence-corrected chi connectivity index (χ2v) is 26.3. The topological polar surface area (TPSA) is 138 Å². The number of carbonyl (C=O) groups is 3. The van der Waals surface area contributed by atoms with E-state index < -0.39 is 87.0 Å². The Kier molecular flexibility index (Phi) is 11.9. The molecule has 12 heteroatoms. The van der Waals surface area contributed by atoms with Crippen LogP contribution in [0.25, 0.3) is 0 Å². The summed E-state index contributed by atoms with van der Waals surface area (Å²) in [4.78, 5) is 43.8. The van der Waals surface area contributed by atoms with Crippen LogP contribution < -0.4 is 0 Å². The van der Waals surface area contributed by atoms with E-state index in [2.05, 4.69) is 41.5 Å². The molecule has 2 N–H and O–H groups in total. The Bertz CT molecular complexity index is 1550. The van der Waals surface area contributed by atoms with Gasteiger partial charge in [-0.2, -0.15) is 0 Å².